The maximum absolute atomic E-state index is 12.5. The summed E-state index contributed by atoms with van der Waals surface area (Å²) in [6.45, 7) is 4.62. The van der Waals surface area contributed by atoms with E-state index in [0.29, 0.717) is 19.3 Å². The highest BCUT2D eigenvalue weighted by molar-refractivity contribution is 5.72. The summed E-state index contributed by atoms with van der Waals surface area (Å²) in [6, 6.07) is -0.619. The van der Waals surface area contributed by atoms with Gasteiger partial charge >= 0.3 is 17.9 Å². The van der Waals surface area contributed by atoms with Gasteiger partial charge in [0.05, 0.1) is 34.4 Å². The largest absolute Gasteiger partial charge is 0.477 e. The highest BCUT2D eigenvalue weighted by atomic mass is 16.6. The lowest BCUT2D eigenvalue weighted by Crippen LogP contribution is -2.50. The molecule has 0 aliphatic heterocycles. The zero-order chi connectivity index (χ0) is 39.3. The average Bonchev–Trinajstić information content (AvgIpc) is 3.11. The summed E-state index contributed by atoms with van der Waals surface area (Å²) in [5, 5.41) is 9.57. The second kappa shape index (κ2) is 36.5. The van der Waals surface area contributed by atoms with Gasteiger partial charge in [0.2, 0.25) is 0 Å². The van der Waals surface area contributed by atoms with Crippen molar-refractivity contribution in [3.05, 3.63) is 36.5 Å². The number of nitrogens with zero attached hydrogens (tertiary/aromatic N) is 1. The highest BCUT2D eigenvalue weighted by Crippen LogP contribution is 2.13. The van der Waals surface area contributed by atoms with E-state index < -0.39 is 18.1 Å². The molecule has 0 aromatic rings. The van der Waals surface area contributed by atoms with Crippen LogP contribution in [0.3, 0.4) is 0 Å². The van der Waals surface area contributed by atoms with Crippen molar-refractivity contribution in [2.24, 2.45) is 0 Å². The Kier molecular flexibility index (Phi) is 34.8. The number of ether oxygens (including phenoxy) is 3. The molecule has 1 N–H and O–H groups in total. The van der Waals surface area contributed by atoms with E-state index in [0.717, 1.165) is 44.9 Å². The van der Waals surface area contributed by atoms with Crippen molar-refractivity contribution in [1.29, 1.82) is 0 Å². The lowest BCUT2D eigenvalue weighted by Gasteiger charge is -2.31. The van der Waals surface area contributed by atoms with Crippen LogP contribution < -0.4 is 0 Å². The number of esters is 2. The van der Waals surface area contributed by atoms with Gasteiger partial charge in [-0.15, -0.1) is 0 Å². The van der Waals surface area contributed by atoms with Crippen LogP contribution in [-0.2, 0) is 28.6 Å². The topological polar surface area (TPSA) is 99.1 Å². The third kappa shape index (κ3) is 35.0. The van der Waals surface area contributed by atoms with Gasteiger partial charge < -0.3 is 23.8 Å². The lowest BCUT2D eigenvalue weighted by atomic mass is 10.1. The Morgan fingerprint density at radius 3 is 1.58 bits per heavy atom. The van der Waals surface area contributed by atoms with Crippen LogP contribution in [0.25, 0.3) is 0 Å². The van der Waals surface area contributed by atoms with E-state index in [2.05, 4.69) is 44.2 Å². The summed E-state index contributed by atoms with van der Waals surface area (Å²) in [7, 11) is 5.50. The first kappa shape index (κ1) is 50.5. The average molecular weight is 749 g/mol. The summed E-state index contributed by atoms with van der Waals surface area (Å²) >= 11 is 0. The molecule has 0 heterocycles. The Balaban J connectivity index is 4.18. The fraction of sp³-hybridized carbons (Fsp3) is 0.800. The third-order valence-corrected chi connectivity index (χ3v) is 9.53. The number of aliphatic carboxylic acids is 1. The molecule has 0 amide bonds. The Hall–Kier alpha value is -2.45. The van der Waals surface area contributed by atoms with Crippen molar-refractivity contribution in [3.8, 4) is 0 Å². The number of carboxylic acids is 1. The SMILES string of the molecule is CCCCC/C=C/CCC(=O)OC(COCCC(C(=O)O)[N+](C)(C)C)COC(=O)CCCCCCCCC/C=C/C/C=C/CCCCCCCCCC. The number of allylic oxidation sites excluding steroid dienone is 6. The summed E-state index contributed by atoms with van der Waals surface area (Å²) in [5.41, 5.74) is 0. The van der Waals surface area contributed by atoms with E-state index in [-0.39, 0.29) is 42.7 Å². The maximum atomic E-state index is 12.5. The van der Waals surface area contributed by atoms with Crippen LogP contribution in [0, 0.1) is 0 Å². The van der Waals surface area contributed by atoms with E-state index in [1.165, 1.54) is 96.3 Å². The van der Waals surface area contributed by atoms with E-state index >= 15 is 0 Å². The fourth-order valence-corrected chi connectivity index (χ4v) is 6.14. The van der Waals surface area contributed by atoms with Crippen molar-refractivity contribution in [1.82, 2.24) is 0 Å². The molecule has 0 radical (unpaired) electrons. The van der Waals surface area contributed by atoms with E-state index in [1.807, 2.05) is 27.2 Å². The Labute approximate surface area is 325 Å². The quantitative estimate of drug-likeness (QED) is 0.0290. The number of unbranched alkanes of at least 4 members (excludes halogenated alkanes) is 18. The third-order valence-electron chi connectivity index (χ3n) is 9.53. The summed E-state index contributed by atoms with van der Waals surface area (Å²) in [5.74, 6) is -1.55. The van der Waals surface area contributed by atoms with Crippen molar-refractivity contribution >= 4 is 17.9 Å². The molecular weight excluding hydrogens is 666 g/mol. The first-order valence-electron chi connectivity index (χ1n) is 21.5. The second-order valence-corrected chi connectivity index (χ2v) is 15.6. The van der Waals surface area contributed by atoms with Gasteiger partial charge in [-0.1, -0.05) is 140 Å². The van der Waals surface area contributed by atoms with Crippen LogP contribution in [0.2, 0.25) is 0 Å². The number of carboxylic acid groups (broad SMARTS) is 1. The molecule has 0 aliphatic rings. The number of carbonyl (C=O) groups excluding carboxylic acids is 2. The van der Waals surface area contributed by atoms with Crippen LogP contribution in [-0.4, -0.2) is 80.6 Å². The normalized spacial score (nSPS) is 13.3. The van der Waals surface area contributed by atoms with Gasteiger partial charge in [0, 0.05) is 19.3 Å². The minimum atomic E-state index is -0.883. The number of rotatable bonds is 38. The molecule has 0 saturated heterocycles. The van der Waals surface area contributed by atoms with E-state index in [4.69, 9.17) is 14.2 Å². The van der Waals surface area contributed by atoms with Crippen LogP contribution in [0.15, 0.2) is 36.5 Å². The molecule has 2 unspecified atom stereocenters. The minimum absolute atomic E-state index is 0.0433. The Bertz CT molecular complexity index is 968. The molecule has 0 aromatic heterocycles. The predicted molar refractivity (Wildman–Crippen MR) is 220 cm³/mol. The van der Waals surface area contributed by atoms with Gasteiger partial charge in [0.25, 0.3) is 0 Å². The lowest BCUT2D eigenvalue weighted by molar-refractivity contribution is -0.887. The molecule has 2 atom stereocenters. The van der Waals surface area contributed by atoms with Crippen molar-refractivity contribution < 1.29 is 38.2 Å². The second-order valence-electron chi connectivity index (χ2n) is 15.6. The minimum Gasteiger partial charge on any atom is -0.477 e. The standard InChI is InChI=1S/C45H81NO7/c1-6-8-10-12-14-15-16-17-18-19-20-21-22-23-24-25-26-27-28-30-31-33-35-43(47)52-40-41(39-51-38-37-42(45(49)50)46(3,4)5)53-44(48)36-34-32-29-13-11-9-7-2/h19-20,22-23,29,32,41-42H,6-18,21,24-28,30-31,33-40H2,1-5H3/p+1/b20-19+,23-22+,32-29+. The number of hydrogen-bond acceptors (Lipinski definition) is 6. The summed E-state index contributed by atoms with van der Waals surface area (Å²) in [6.07, 6.45) is 40.8. The van der Waals surface area contributed by atoms with E-state index in [9.17, 15) is 19.5 Å². The number of carbonyl (C=O) groups is 3. The zero-order valence-electron chi connectivity index (χ0n) is 35.0. The summed E-state index contributed by atoms with van der Waals surface area (Å²) < 4.78 is 17.1. The van der Waals surface area contributed by atoms with Crippen LogP contribution >= 0.6 is 0 Å². The van der Waals surface area contributed by atoms with Crippen molar-refractivity contribution in [2.45, 2.75) is 193 Å². The fourth-order valence-electron chi connectivity index (χ4n) is 6.14. The highest BCUT2D eigenvalue weighted by Gasteiger charge is 2.31. The van der Waals surface area contributed by atoms with Gasteiger partial charge in [0.1, 0.15) is 6.61 Å². The van der Waals surface area contributed by atoms with Crippen LogP contribution in [0.4, 0.5) is 0 Å². The molecule has 308 valence electrons. The van der Waals surface area contributed by atoms with Gasteiger partial charge in [-0.3, -0.25) is 9.59 Å². The molecule has 0 bridgehead atoms. The van der Waals surface area contributed by atoms with Crippen molar-refractivity contribution in [2.75, 3.05) is 41.0 Å². The van der Waals surface area contributed by atoms with Crippen molar-refractivity contribution in [3.63, 3.8) is 0 Å². The Morgan fingerprint density at radius 2 is 1.04 bits per heavy atom. The van der Waals surface area contributed by atoms with Crippen LogP contribution in [0.1, 0.15) is 181 Å². The predicted octanol–water partition coefficient (Wildman–Crippen LogP) is 11.5. The van der Waals surface area contributed by atoms with Gasteiger partial charge in [-0.2, -0.15) is 0 Å². The van der Waals surface area contributed by atoms with Gasteiger partial charge in [-0.25, -0.2) is 4.79 Å². The summed E-state index contributed by atoms with van der Waals surface area (Å²) in [4.78, 5) is 36.7. The van der Waals surface area contributed by atoms with Gasteiger partial charge in [0.15, 0.2) is 12.1 Å². The van der Waals surface area contributed by atoms with Crippen LogP contribution in [0.5, 0.6) is 0 Å². The molecule has 8 nitrogen and oxygen atoms in total. The number of quaternary nitrogens is 1. The first-order valence-corrected chi connectivity index (χ1v) is 21.5. The first-order chi connectivity index (χ1) is 25.6. The maximum Gasteiger partial charge on any atom is 0.362 e. The monoisotopic (exact) mass is 749 g/mol. The van der Waals surface area contributed by atoms with E-state index in [1.54, 1.807) is 0 Å². The van der Waals surface area contributed by atoms with Gasteiger partial charge in [-0.05, 0) is 57.8 Å². The molecule has 0 rings (SSSR count). The molecule has 0 spiro atoms. The molecular formula is C45H82NO7+. The zero-order valence-corrected chi connectivity index (χ0v) is 35.0. The molecule has 53 heavy (non-hydrogen) atoms. The number of likely N-dealkylation sites (N-methyl/N-ethyl adjacent to an activating group) is 1. The molecule has 0 saturated carbocycles. The smallest absolute Gasteiger partial charge is 0.362 e. The molecule has 0 aromatic carbocycles. The molecule has 0 aliphatic carbocycles. The molecule has 0 fully saturated rings. The molecule has 8 heteroatoms. The number of hydrogen-bond donors (Lipinski definition) is 1. The Morgan fingerprint density at radius 1 is 0.566 bits per heavy atom.